The molecule has 0 aliphatic heterocycles. The van der Waals surface area contributed by atoms with Crippen molar-refractivity contribution in [3.05, 3.63) is 81.5 Å². The summed E-state index contributed by atoms with van der Waals surface area (Å²) in [6, 6.07) is 13.3. The fourth-order valence-electron chi connectivity index (χ4n) is 3.02. The number of carbonyl (C=O) groups is 2. The summed E-state index contributed by atoms with van der Waals surface area (Å²) in [6.07, 6.45) is 0.214. The molecular weight excluding hydrogens is 467 g/mol. The topological polar surface area (TPSA) is 65.7 Å². The predicted octanol–water partition coefficient (Wildman–Crippen LogP) is 6.04. The van der Waals surface area contributed by atoms with Crippen molar-refractivity contribution in [1.29, 1.82) is 0 Å². The molecule has 0 saturated heterocycles. The SMILES string of the molecule is COC(=O)c1cc(Cc2ccc(-c3ccccc3C(=O)OCC(C)C)cc2F)c(Br)o1. The number of rotatable bonds is 7. The van der Waals surface area contributed by atoms with Crippen molar-refractivity contribution in [2.45, 2.75) is 20.3 Å². The molecule has 0 radical (unpaired) electrons. The molecule has 31 heavy (non-hydrogen) atoms. The number of hydrogen-bond acceptors (Lipinski definition) is 5. The molecule has 0 N–H and O–H groups in total. The fraction of sp³-hybridized carbons (Fsp3) is 0.250. The number of benzene rings is 2. The summed E-state index contributed by atoms with van der Waals surface area (Å²) in [5.41, 5.74) is 2.58. The van der Waals surface area contributed by atoms with E-state index in [9.17, 15) is 14.0 Å². The van der Waals surface area contributed by atoms with Gasteiger partial charge in [0, 0.05) is 12.0 Å². The van der Waals surface area contributed by atoms with E-state index in [1.807, 2.05) is 13.8 Å². The van der Waals surface area contributed by atoms with Gasteiger partial charge in [-0.25, -0.2) is 14.0 Å². The summed E-state index contributed by atoms with van der Waals surface area (Å²) in [7, 11) is 1.26. The van der Waals surface area contributed by atoms with Gasteiger partial charge in [-0.1, -0.05) is 44.2 Å². The molecule has 1 heterocycles. The van der Waals surface area contributed by atoms with Gasteiger partial charge in [-0.05, 0) is 56.7 Å². The van der Waals surface area contributed by atoms with Crippen molar-refractivity contribution >= 4 is 27.9 Å². The number of hydrogen-bond donors (Lipinski definition) is 0. The summed E-state index contributed by atoms with van der Waals surface area (Å²) >= 11 is 3.25. The third-order valence-electron chi connectivity index (χ3n) is 4.58. The van der Waals surface area contributed by atoms with Crippen molar-refractivity contribution < 1.29 is 27.9 Å². The van der Waals surface area contributed by atoms with Crippen LogP contribution in [0.1, 0.15) is 45.9 Å². The second kappa shape index (κ2) is 9.92. The molecule has 3 aromatic rings. The molecule has 3 rings (SSSR count). The van der Waals surface area contributed by atoms with E-state index in [0.717, 1.165) is 0 Å². The number of halogens is 2. The monoisotopic (exact) mass is 488 g/mol. The van der Waals surface area contributed by atoms with Gasteiger partial charge in [0.1, 0.15) is 5.82 Å². The minimum Gasteiger partial charge on any atom is -0.463 e. The highest BCUT2D eigenvalue weighted by atomic mass is 79.9. The van der Waals surface area contributed by atoms with Crippen LogP contribution < -0.4 is 0 Å². The highest BCUT2D eigenvalue weighted by Crippen LogP contribution is 2.29. The molecule has 0 aliphatic rings. The Hall–Kier alpha value is -2.93. The average molecular weight is 489 g/mol. The number of esters is 2. The largest absolute Gasteiger partial charge is 0.463 e. The first-order valence-electron chi connectivity index (χ1n) is 9.71. The highest BCUT2D eigenvalue weighted by molar-refractivity contribution is 9.10. The van der Waals surface area contributed by atoms with Crippen LogP contribution in [0, 0.1) is 11.7 Å². The summed E-state index contributed by atoms with van der Waals surface area (Å²) < 4.78 is 30.6. The van der Waals surface area contributed by atoms with Crippen LogP contribution in [0.5, 0.6) is 0 Å². The molecular formula is C24H22BrFO5. The molecule has 0 unspecified atom stereocenters. The Kier molecular flexibility index (Phi) is 7.28. The third kappa shape index (κ3) is 5.41. The summed E-state index contributed by atoms with van der Waals surface area (Å²) in [6.45, 7) is 4.23. The lowest BCUT2D eigenvalue weighted by Gasteiger charge is -2.12. The van der Waals surface area contributed by atoms with Gasteiger partial charge in [0.15, 0.2) is 4.67 Å². The van der Waals surface area contributed by atoms with E-state index in [1.165, 1.54) is 19.2 Å². The van der Waals surface area contributed by atoms with Crippen LogP contribution in [0.3, 0.4) is 0 Å². The maximum atomic E-state index is 14.9. The Morgan fingerprint density at radius 2 is 1.81 bits per heavy atom. The van der Waals surface area contributed by atoms with E-state index < -0.39 is 17.8 Å². The Morgan fingerprint density at radius 3 is 2.48 bits per heavy atom. The molecule has 0 bridgehead atoms. The first-order chi connectivity index (χ1) is 14.8. The van der Waals surface area contributed by atoms with Crippen LogP contribution >= 0.6 is 15.9 Å². The van der Waals surface area contributed by atoms with Crippen LogP contribution in [0.2, 0.25) is 0 Å². The zero-order valence-corrected chi connectivity index (χ0v) is 19.0. The van der Waals surface area contributed by atoms with E-state index >= 15 is 0 Å². The van der Waals surface area contributed by atoms with Crippen molar-refractivity contribution in [2.75, 3.05) is 13.7 Å². The van der Waals surface area contributed by atoms with Crippen molar-refractivity contribution in [3.8, 4) is 11.1 Å². The summed E-state index contributed by atoms with van der Waals surface area (Å²) in [5, 5.41) is 0. The third-order valence-corrected chi connectivity index (χ3v) is 5.25. The quantitative estimate of drug-likeness (QED) is 0.379. The van der Waals surface area contributed by atoms with Crippen LogP contribution in [0.15, 0.2) is 57.6 Å². The fourth-order valence-corrected chi connectivity index (χ4v) is 3.45. The Balaban J connectivity index is 1.86. The van der Waals surface area contributed by atoms with Crippen LogP contribution in [0.4, 0.5) is 4.39 Å². The van der Waals surface area contributed by atoms with E-state index in [1.54, 1.807) is 36.4 Å². The Labute approximate surface area is 188 Å². The van der Waals surface area contributed by atoms with Crippen LogP contribution in [-0.2, 0) is 15.9 Å². The van der Waals surface area contributed by atoms with E-state index in [4.69, 9.17) is 9.15 Å². The zero-order valence-electron chi connectivity index (χ0n) is 17.4. The minimum atomic E-state index is -0.608. The lowest BCUT2D eigenvalue weighted by molar-refractivity contribution is 0.0459. The normalized spacial score (nSPS) is 10.9. The summed E-state index contributed by atoms with van der Waals surface area (Å²) in [4.78, 5) is 24.1. The molecule has 0 atom stereocenters. The standard InChI is InChI=1S/C24H22BrFO5/c1-14(2)13-30-23(27)19-7-5-4-6-18(19)15-8-9-16(20(26)11-15)10-17-12-21(24(28)29-3)31-22(17)25/h4-9,11-12,14H,10,13H2,1-3H3. The first-order valence-corrected chi connectivity index (χ1v) is 10.5. The van der Waals surface area contributed by atoms with Crippen molar-refractivity contribution in [3.63, 3.8) is 0 Å². The van der Waals surface area contributed by atoms with Gasteiger partial charge in [0.2, 0.25) is 5.76 Å². The van der Waals surface area contributed by atoms with E-state index in [0.29, 0.717) is 39.1 Å². The first kappa shape index (κ1) is 22.7. The smallest absolute Gasteiger partial charge is 0.374 e. The number of ether oxygens (including phenoxy) is 2. The summed E-state index contributed by atoms with van der Waals surface area (Å²) in [5.74, 6) is -1.23. The molecule has 0 amide bonds. The lowest BCUT2D eigenvalue weighted by atomic mass is 9.97. The van der Waals surface area contributed by atoms with Crippen molar-refractivity contribution in [2.24, 2.45) is 5.92 Å². The van der Waals surface area contributed by atoms with Gasteiger partial charge in [-0.2, -0.15) is 0 Å². The molecule has 0 saturated carbocycles. The highest BCUT2D eigenvalue weighted by Gasteiger charge is 2.19. The lowest BCUT2D eigenvalue weighted by Crippen LogP contribution is -2.11. The molecule has 0 spiro atoms. The molecule has 1 aromatic heterocycles. The van der Waals surface area contributed by atoms with Crippen LogP contribution in [-0.4, -0.2) is 25.7 Å². The number of furan rings is 1. The van der Waals surface area contributed by atoms with Crippen LogP contribution in [0.25, 0.3) is 11.1 Å². The van der Waals surface area contributed by atoms with Gasteiger partial charge < -0.3 is 13.9 Å². The van der Waals surface area contributed by atoms with Crippen molar-refractivity contribution in [1.82, 2.24) is 0 Å². The Bertz CT molecular complexity index is 1100. The molecule has 5 nitrogen and oxygen atoms in total. The van der Waals surface area contributed by atoms with Gasteiger partial charge in [-0.3, -0.25) is 0 Å². The minimum absolute atomic E-state index is 0.0373. The maximum Gasteiger partial charge on any atom is 0.374 e. The zero-order chi connectivity index (χ0) is 22.5. The number of methoxy groups -OCH3 is 1. The second-order valence-electron chi connectivity index (χ2n) is 7.42. The molecule has 7 heteroatoms. The van der Waals surface area contributed by atoms with E-state index in [2.05, 4.69) is 20.7 Å². The molecule has 0 aliphatic carbocycles. The predicted molar refractivity (Wildman–Crippen MR) is 118 cm³/mol. The van der Waals surface area contributed by atoms with Gasteiger partial charge in [0.25, 0.3) is 0 Å². The Morgan fingerprint density at radius 1 is 1.06 bits per heavy atom. The maximum absolute atomic E-state index is 14.9. The average Bonchev–Trinajstić information content (AvgIpc) is 3.13. The second-order valence-corrected chi connectivity index (χ2v) is 8.14. The van der Waals surface area contributed by atoms with Gasteiger partial charge >= 0.3 is 11.9 Å². The molecule has 2 aromatic carbocycles. The molecule has 0 fully saturated rings. The van der Waals surface area contributed by atoms with E-state index in [-0.39, 0.29) is 18.1 Å². The molecule has 162 valence electrons. The number of carbonyl (C=O) groups excluding carboxylic acids is 2. The van der Waals surface area contributed by atoms with Gasteiger partial charge in [0.05, 0.1) is 19.3 Å². The van der Waals surface area contributed by atoms with Gasteiger partial charge in [-0.15, -0.1) is 0 Å².